The molecule has 4 heterocycles. The Morgan fingerprint density at radius 2 is 1.80 bits per heavy atom. The van der Waals surface area contributed by atoms with Gasteiger partial charge in [-0.05, 0) is 12.8 Å². The molecule has 134 valence electrons. The molecule has 0 radical (unpaired) electrons. The minimum atomic E-state index is -0.390. The van der Waals surface area contributed by atoms with Crippen LogP contribution < -0.4 is 10.5 Å². The first-order valence-corrected chi connectivity index (χ1v) is 9.56. The Bertz CT molecular complexity index is 819. The van der Waals surface area contributed by atoms with Crippen LogP contribution in [0.2, 0.25) is 0 Å². The van der Waals surface area contributed by atoms with Gasteiger partial charge in [0.2, 0.25) is 10.1 Å². The minimum Gasteiger partial charge on any atom is -0.378 e. The fraction of sp³-hybridized carbons (Fsp3) is 0.625. The van der Waals surface area contributed by atoms with Crippen molar-refractivity contribution in [2.45, 2.75) is 25.7 Å². The van der Waals surface area contributed by atoms with E-state index in [-0.39, 0.29) is 17.0 Å². The van der Waals surface area contributed by atoms with Crippen LogP contribution in [-0.4, -0.2) is 64.8 Å². The highest BCUT2D eigenvalue weighted by atomic mass is 32.1. The SMILES string of the molecule is O=C(c1cnc2sc(N3CCCCCC3)nn2c1=O)N1CCOCC1. The summed E-state index contributed by atoms with van der Waals surface area (Å²) < 4.78 is 6.53. The van der Waals surface area contributed by atoms with E-state index < -0.39 is 0 Å². The summed E-state index contributed by atoms with van der Waals surface area (Å²) in [6.45, 7) is 3.90. The molecule has 0 saturated carbocycles. The Labute approximate surface area is 149 Å². The number of aromatic nitrogens is 3. The lowest BCUT2D eigenvalue weighted by Gasteiger charge is -2.26. The van der Waals surface area contributed by atoms with Crippen molar-refractivity contribution in [2.24, 2.45) is 0 Å². The Hall–Kier alpha value is -2.00. The highest BCUT2D eigenvalue weighted by molar-refractivity contribution is 7.20. The molecule has 0 aromatic carbocycles. The Kier molecular flexibility index (Phi) is 4.67. The number of morpholine rings is 1. The molecule has 2 aromatic heterocycles. The standard InChI is InChI=1S/C16H21N5O3S/c22-13(19-7-9-24-10-8-19)12-11-17-15-21(14(12)23)18-16(25-15)20-5-3-1-2-4-6-20/h11H,1-10H2. The number of ether oxygens (including phenoxy) is 1. The number of hydrogen-bond donors (Lipinski definition) is 0. The van der Waals surface area contributed by atoms with E-state index in [0.717, 1.165) is 31.1 Å². The van der Waals surface area contributed by atoms with Crippen molar-refractivity contribution in [3.05, 3.63) is 22.1 Å². The average Bonchev–Trinajstić information content (AvgIpc) is 2.90. The second-order valence-electron chi connectivity index (χ2n) is 6.36. The third-order valence-electron chi connectivity index (χ3n) is 4.68. The molecule has 0 N–H and O–H groups in total. The molecule has 2 saturated heterocycles. The lowest BCUT2D eigenvalue weighted by molar-refractivity contribution is 0.0301. The van der Waals surface area contributed by atoms with E-state index in [9.17, 15) is 9.59 Å². The summed E-state index contributed by atoms with van der Waals surface area (Å²) in [5.74, 6) is -0.292. The predicted molar refractivity (Wildman–Crippen MR) is 94.5 cm³/mol. The highest BCUT2D eigenvalue weighted by Crippen LogP contribution is 2.24. The lowest BCUT2D eigenvalue weighted by Crippen LogP contribution is -2.43. The van der Waals surface area contributed by atoms with Crippen molar-refractivity contribution in [2.75, 3.05) is 44.3 Å². The Balaban J connectivity index is 1.65. The predicted octanol–water partition coefficient (Wildman–Crippen LogP) is 1.00. The molecule has 0 atom stereocenters. The Morgan fingerprint density at radius 1 is 1.08 bits per heavy atom. The van der Waals surface area contributed by atoms with Gasteiger partial charge >= 0.3 is 0 Å². The number of hydrogen-bond acceptors (Lipinski definition) is 7. The summed E-state index contributed by atoms with van der Waals surface area (Å²) in [6, 6.07) is 0. The number of fused-ring (bicyclic) bond motifs is 1. The monoisotopic (exact) mass is 363 g/mol. The fourth-order valence-corrected chi connectivity index (χ4v) is 4.16. The van der Waals surface area contributed by atoms with Crippen LogP contribution in [0.3, 0.4) is 0 Å². The van der Waals surface area contributed by atoms with Crippen LogP contribution in [0.4, 0.5) is 5.13 Å². The molecule has 2 aliphatic rings. The molecule has 2 aliphatic heterocycles. The van der Waals surface area contributed by atoms with Crippen molar-refractivity contribution in [3.63, 3.8) is 0 Å². The van der Waals surface area contributed by atoms with Crippen LogP contribution >= 0.6 is 11.3 Å². The molecule has 0 unspecified atom stereocenters. The van der Waals surface area contributed by atoms with E-state index in [1.807, 2.05) is 0 Å². The summed E-state index contributed by atoms with van der Waals surface area (Å²) in [6.07, 6.45) is 6.13. The van der Waals surface area contributed by atoms with Gasteiger partial charge in [0.25, 0.3) is 11.5 Å². The van der Waals surface area contributed by atoms with E-state index in [1.165, 1.54) is 34.9 Å². The van der Waals surface area contributed by atoms with Gasteiger partial charge in [-0.25, -0.2) is 4.98 Å². The quantitative estimate of drug-likeness (QED) is 0.792. The third-order valence-corrected chi connectivity index (χ3v) is 5.66. The van der Waals surface area contributed by atoms with Gasteiger partial charge in [-0.1, -0.05) is 24.2 Å². The first kappa shape index (κ1) is 16.5. The molecule has 8 nitrogen and oxygen atoms in total. The second kappa shape index (κ2) is 7.09. The highest BCUT2D eigenvalue weighted by Gasteiger charge is 2.24. The van der Waals surface area contributed by atoms with Crippen molar-refractivity contribution in [1.82, 2.24) is 19.5 Å². The molecule has 0 aliphatic carbocycles. The van der Waals surface area contributed by atoms with Gasteiger partial charge < -0.3 is 14.5 Å². The topological polar surface area (TPSA) is 80.0 Å². The van der Waals surface area contributed by atoms with E-state index in [4.69, 9.17) is 4.74 Å². The maximum absolute atomic E-state index is 12.7. The van der Waals surface area contributed by atoms with E-state index in [0.29, 0.717) is 31.3 Å². The first-order valence-electron chi connectivity index (χ1n) is 8.75. The normalized spacial score (nSPS) is 19.2. The van der Waals surface area contributed by atoms with Crippen LogP contribution in [-0.2, 0) is 4.74 Å². The van der Waals surface area contributed by atoms with E-state index in [1.54, 1.807) is 4.90 Å². The van der Waals surface area contributed by atoms with Crippen LogP contribution in [0.15, 0.2) is 11.0 Å². The average molecular weight is 363 g/mol. The molecule has 1 amide bonds. The summed E-state index contributed by atoms with van der Waals surface area (Å²) in [5.41, 5.74) is -0.314. The summed E-state index contributed by atoms with van der Waals surface area (Å²) in [5, 5.41) is 5.26. The van der Waals surface area contributed by atoms with Gasteiger partial charge in [0.05, 0.1) is 13.2 Å². The van der Waals surface area contributed by atoms with Crippen LogP contribution in [0.1, 0.15) is 36.0 Å². The van der Waals surface area contributed by atoms with Crippen LogP contribution in [0.25, 0.3) is 4.96 Å². The number of rotatable bonds is 2. The van der Waals surface area contributed by atoms with Gasteiger partial charge in [0.15, 0.2) is 0 Å². The van der Waals surface area contributed by atoms with Crippen LogP contribution in [0, 0.1) is 0 Å². The van der Waals surface area contributed by atoms with Gasteiger partial charge in [-0.2, -0.15) is 4.52 Å². The largest absolute Gasteiger partial charge is 0.378 e. The summed E-state index contributed by atoms with van der Waals surface area (Å²) in [4.78, 5) is 34.0. The third kappa shape index (κ3) is 3.25. The smallest absolute Gasteiger partial charge is 0.288 e. The molecule has 0 spiro atoms. The number of nitrogens with zero attached hydrogens (tertiary/aromatic N) is 5. The molecule has 25 heavy (non-hydrogen) atoms. The first-order chi connectivity index (χ1) is 12.2. The zero-order valence-corrected chi connectivity index (χ0v) is 14.8. The maximum atomic E-state index is 12.7. The molecule has 2 aromatic rings. The summed E-state index contributed by atoms with van der Waals surface area (Å²) >= 11 is 1.40. The van der Waals surface area contributed by atoms with E-state index in [2.05, 4.69) is 15.0 Å². The second-order valence-corrected chi connectivity index (χ2v) is 7.30. The zero-order chi connectivity index (χ0) is 17.2. The van der Waals surface area contributed by atoms with Crippen molar-refractivity contribution < 1.29 is 9.53 Å². The summed E-state index contributed by atoms with van der Waals surface area (Å²) in [7, 11) is 0. The van der Waals surface area contributed by atoms with Crippen molar-refractivity contribution in [3.8, 4) is 0 Å². The van der Waals surface area contributed by atoms with Crippen molar-refractivity contribution in [1.29, 1.82) is 0 Å². The van der Waals surface area contributed by atoms with Gasteiger partial charge in [-0.3, -0.25) is 9.59 Å². The maximum Gasteiger partial charge on any atom is 0.288 e. The van der Waals surface area contributed by atoms with Gasteiger partial charge in [0, 0.05) is 32.4 Å². The molecule has 9 heteroatoms. The van der Waals surface area contributed by atoms with Crippen molar-refractivity contribution >= 4 is 27.3 Å². The number of carbonyl (C=O) groups excluding carboxylic acids is 1. The number of anilines is 1. The van der Waals surface area contributed by atoms with Gasteiger partial charge in [-0.15, -0.1) is 5.10 Å². The van der Waals surface area contributed by atoms with Gasteiger partial charge in [0.1, 0.15) is 5.56 Å². The molecular weight excluding hydrogens is 342 g/mol. The zero-order valence-electron chi connectivity index (χ0n) is 14.0. The number of carbonyl (C=O) groups is 1. The lowest BCUT2D eigenvalue weighted by atomic mass is 10.2. The Morgan fingerprint density at radius 3 is 2.52 bits per heavy atom. The minimum absolute atomic E-state index is 0.0760. The molecular formula is C16H21N5O3S. The molecule has 2 fully saturated rings. The fourth-order valence-electron chi connectivity index (χ4n) is 3.25. The molecule has 0 bridgehead atoms. The molecule has 4 rings (SSSR count). The number of amides is 1. The van der Waals surface area contributed by atoms with E-state index >= 15 is 0 Å². The van der Waals surface area contributed by atoms with Crippen LogP contribution in [0.5, 0.6) is 0 Å².